The van der Waals surface area contributed by atoms with Crippen LogP contribution in [0.2, 0.25) is 5.02 Å². The lowest BCUT2D eigenvalue weighted by molar-refractivity contribution is 0.481. The second kappa shape index (κ2) is 8.27. The first kappa shape index (κ1) is 17.7. The van der Waals surface area contributed by atoms with Gasteiger partial charge in [0.15, 0.2) is 5.11 Å². The first-order valence-electron chi connectivity index (χ1n) is 7.53. The maximum atomic E-state index is 13.2. The van der Waals surface area contributed by atoms with Crippen LogP contribution in [0.15, 0.2) is 48.5 Å². The van der Waals surface area contributed by atoms with Crippen molar-refractivity contribution >= 4 is 34.6 Å². The molecule has 1 unspecified atom stereocenters. The van der Waals surface area contributed by atoms with Gasteiger partial charge in [0, 0.05) is 5.69 Å². The van der Waals surface area contributed by atoms with E-state index in [2.05, 4.69) is 36.6 Å². The van der Waals surface area contributed by atoms with Gasteiger partial charge in [-0.3, -0.25) is 0 Å². The highest BCUT2D eigenvalue weighted by atomic mass is 35.5. The average molecular weight is 351 g/mol. The molecular weight excluding hydrogens is 331 g/mol. The Morgan fingerprint density at radius 1 is 1.17 bits per heavy atom. The predicted molar refractivity (Wildman–Crippen MR) is 99.4 cm³/mol. The molecule has 23 heavy (non-hydrogen) atoms. The zero-order valence-corrected chi connectivity index (χ0v) is 14.7. The summed E-state index contributed by atoms with van der Waals surface area (Å²) in [5, 5.41) is 6.94. The first-order valence-corrected chi connectivity index (χ1v) is 8.32. The number of hydrogen-bond acceptors (Lipinski definition) is 1. The Morgan fingerprint density at radius 3 is 2.48 bits per heavy atom. The minimum absolute atomic E-state index is 0.0691. The van der Waals surface area contributed by atoms with Crippen LogP contribution in [0.1, 0.15) is 31.9 Å². The molecule has 0 aliphatic rings. The Bertz CT molecular complexity index is 661. The topological polar surface area (TPSA) is 24.1 Å². The molecule has 0 aromatic heterocycles. The minimum Gasteiger partial charge on any atom is -0.356 e. The molecule has 2 aromatic carbocycles. The summed E-state index contributed by atoms with van der Waals surface area (Å²) in [4.78, 5) is 0. The summed E-state index contributed by atoms with van der Waals surface area (Å²) >= 11 is 11.2. The molecule has 2 N–H and O–H groups in total. The summed E-state index contributed by atoms with van der Waals surface area (Å²) in [6.45, 7) is 4.35. The van der Waals surface area contributed by atoms with Crippen LogP contribution in [0.3, 0.4) is 0 Å². The van der Waals surface area contributed by atoms with Crippen molar-refractivity contribution in [3.63, 3.8) is 0 Å². The number of nitrogens with one attached hydrogen (secondary N) is 2. The Kier molecular flexibility index (Phi) is 6.37. The van der Waals surface area contributed by atoms with E-state index in [1.807, 2.05) is 18.2 Å². The van der Waals surface area contributed by atoms with Crippen LogP contribution < -0.4 is 10.6 Å². The maximum Gasteiger partial charge on any atom is 0.171 e. The van der Waals surface area contributed by atoms with Gasteiger partial charge in [-0.1, -0.05) is 55.8 Å². The zero-order chi connectivity index (χ0) is 16.8. The number of anilines is 1. The van der Waals surface area contributed by atoms with Crippen LogP contribution in [0.5, 0.6) is 0 Å². The third-order valence-corrected chi connectivity index (χ3v) is 3.90. The maximum absolute atomic E-state index is 13.2. The van der Waals surface area contributed by atoms with Crippen molar-refractivity contribution < 1.29 is 4.39 Å². The molecule has 0 bridgehead atoms. The van der Waals surface area contributed by atoms with E-state index in [9.17, 15) is 4.39 Å². The third kappa shape index (κ3) is 5.48. The Labute approximate surface area is 147 Å². The summed E-state index contributed by atoms with van der Waals surface area (Å²) in [5.74, 6) is 0.0776. The highest BCUT2D eigenvalue weighted by molar-refractivity contribution is 7.80. The van der Waals surface area contributed by atoms with Crippen LogP contribution in [0, 0.1) is 11.7 Å². The normalized spacial score (nSPS) is 12.0. The van der Waals surface area contributed by atoms with Gasteiger partial charge in [0.25, 0.3) is 0 Å². The van der Waals surface area contributed by atoms with Crippen molar-refractivity contribution in [2.24, 2.45) is 5.92 Å². The summed E-state index contributed by atoms with van der Waals surface area (Å²) in [7, 11) is 0. The lowest BCUT2D eigenvalue weighted by Gasteiger charge is -2.23. The van der Waals surface area contributed by atoms with E-state index in [1.54, 1.807) is 6.07 Å². The molecule has 0 fully saturated rings. The van der Waals surface area contributed by atoms with Gasteiger partial charge in [0.1, 0.15) is 5.82 Å². The number of thiocarbonyl (C=S) groups is 1. The number of hydrogen-bond donors (Lipinski definition) is 2. The quantitative estimate of drug-likeness (QED) is 0.691. The van der Waals surface area contributed by atoms with Crippen molar-refractivity contribution in [3.8, 4) is 0 Å². The fraction of sp³-hybridized carbons (Fsp3) is 0.278. The van der Waals surface area contributed by atoms with E-state index in [0.717, 1.165) is 6.42 Å². The van der Waals surface area contributed by atoms with Gasteiger partial charge in [-0.2, -0.15) is 0 Å². The molecule has 2 nitrogen and oxygen atoms in total. The van der Waals surface area contributed by atoms with Gasteiger partial charge in [-0.25, -0.2) is 4.39 Å². The second-order valence-corrected chi connectivity index (χ2v) is 6.64. The summed E-state index contributed by atoms with van der Waals surface area (Å²) in [5.41, 5.74) is 1.84. The molecule has 2 rings (SSSR count). The van der Waals surface area contributed by atoms with Gasteiger partial charge in [0.2, 0.25) is 0 Å². The molecule has 0 aliphatic heterocycles. The van der Waals surface area contributed by atoms with Gasteiger partial charge in [0.05, 0.1) is 11.1 Å². The van der Waals surface area contributed by atoms with Gasteiger partial charge >= 0.3 is 0 Å². The van der Waals surface area contributed by atoms with Crippen LogP contribution in [0.25, 0.3) is 0 Å². The van der Waals surface area contributed by atoms with Crippen LogP contribution in [0.4, 0.5) is 10.1 Å². The molecule has 122 valence electrons. The Balaban J connectivity index is 2.06. The van der Waals surface area contributed by atoms with Crippen molar-refractivity contribution in [1.82, 2.24) is 5.32 Å². The smallest absolute Gasteiger partial charge is 0.171 e. The highest BCUT2D eigenvalue weighted by Crippen LogP contribution is 2.22. The van der Waals surface area contributed by atoms with E-state index in [1.165, 1.54) is 17.7 Å². The molecule has 5 heteroatoms. The Morgan fingerprint density at radius 2 is 1.87 bits per heavy atom. The lowest BCUT2D eigenvalue weighted by atomic mass is 9.97. The fourth-order valence-electron chi connectivity index (χ4n) is 2.33. The predicted octanol–water partition coefficient (Wildman–Crippen LogP) is 5.55. The molecule has 0 aliphatic carbocycles. The molecule has 0 saturated heterocycles. The van der Waals surface area contributed by atoms with Crippen LogP contribution in [-0.2, 0) is 0 Å². The monoisotopic (exact) mass is 350 g/mol. The molecule has 0 radical (unpaired) electrons. The van der Waals surface area contributed by atoms with E-state index in [0.29, 0.717) is 16.7 Å². The number of halogens is 2. The molecular formula is C18H20ClFN2S. The standard InChI is InChI=1S/C18H20ClFN2S/c1-12(2)10-17(13-6-4-3-5-7-13)22-18(23)21-14-8-9-16(20)15(19)11-14/h3-9,11-12,17H,10H2,1-2H3,(H2,21,22,23). The van der Waals surface area contributed by atoms with E-state index in [-0.39, 0.29) is 11.1 Å². The SMILES string of the molecule is CC(C)CC(NC(=S)Nc1ccc(F)c(Cl)c1)c1ccccc1. The van der Waals surface area contributed by atoms with Crippen molar-refractivity contribution in [3.05, 3.63) is 64.9 Å². The van der Waals surface area contributed by atoms with Crippen LogP contribution >= 0.6 is 23.8 Å². The van der Waals surface area contributed by atoms with E-state index < -0.39 is 5.82 Å². The molecule has 0 amide bonds. The third-order valence-electron chi connectivity index (χ3n) is 3.39. The van der Waals surface area contributed by atoms with Crippen molar-refractivity contribution in [1.29, 1.82) is 0 Å². The molecule has 0 heterocycles. The molecule has 0 spiro atoms. The highest BCUT2D eigenvalue weighted by Gasteiger charge is 2.14. The summed E-state index contributed by atoms with van der Waals surface area (Å²) in [6.07, 6.45) is 0.954. The average Bonchev–Trinajstić information content (AvgIpc) is 2.51. The fourth-order valence-corrected chi connectivity index (χ4v) is 2.78. The zero-order valence-electron chi connectivity index (χ0n) is 13.1. The van der Waals surface area contributed by atoms with Gasteiger partial charge < -0.3 is 10.6 Å². The number of rotatable bonds is 5. The molecule has 2 aromatic rings. The minimum atomic E-state index is -0.446. The van der Waals surface area contributed by atoms with Gasteiger partial charge in [-0.15, -0.1) is 0 Å². The first-order chi connectivity index (χ1) is 11.0. The summed E-state index contributed by atoms with van der Waals surface area (Å²) in [6, 6.07) is 14.7. The largest absolute Gasteiger partial charge is 0.356 e. The van der Waals surface area contributed by atoms with Crippen LogP contribution in [-0.4, -0.2) is 5.11 Å². The number of benzene rings is 2. The van der Waals surface area contributed by atoms with Crippen molar-refractivity contribution in [2.45, 2.75) is 26.3 Å². The van der Waals surface area contributed by atoms with E-state index in [4.69, 9.17) is 23.8 Å². The van der Waals surface area contributed by atoms with E-state index >= 15 is 0 Å². The Hall–Kier alpha value is -1.65. The second-order valence-electron chi connectivity index (χ2n) is 5.82. The summed E-state index contributed by atoms with van der Waals surface area (Å²) < 4.78 is 13.2. The van der Waals surface area contributed by atoms with Gasteiger partial charge in [-0.05, 0) is 48.3 Å². The van der Waals surface area contributed by atoms with Crippen molar-refractivity contribution in [2.75, 3.05) is 5.32 Å². The molecule has 0 saturated carbocycles. The lowest BCUT2D eigenvalue weighted by Crippen LogP contribution is -2.33. The molecule has 1 atom stereocenters.